The molecule has 9 nitrogen and oxygen atoms in total. The number of carboxylic acid groups (broad SMARTS) is 1. The number of hydrogen-bond acceptors (Lipinski definition) is 4. The number of nitrogens with one attached hydrogen (secondary N) is 3. The number of carbonyl (C=O) groups excluding carboxylic acids is 1. The van der Waals surface area contributed by atoms with Gasteiger partial charge in [0.15, 0.2) is 5.96 Å². The second kappa shape index (κ2) is 10.3. The summed E-state index contributed by atoms with van der Waals surface area (Å²) in [5.41, 5.74) is 5.27. The van der Waals surface area contributed by atoms with Crippen molar-refractivity contribution >= 4 is 29.4 Å². The Hall–Kier alpha value is -3.33. The number of rotatable bonds is 9. The van der Waals surface area contributed by atoms with Gasteiger partial charge < -0.3 is 26.0 Å². The molecule has 0 saturated heterocycles. The Morgan fingerprint density at radius 1 is 1.28 bits per heavy atom. The molecule has 0 unspecified atom stereocenters. The van der Waals surface area contributed by atoms with Gasteiger partial charge in [-0.25, -0.2) is 4.79 Å². The summed E-state index contributed by atoms with van der Waals surface area (Å²) in [7, 11) is 0. The van der Waals surface area contributed by atoms with Crippen LogP contribution in [0.3, 0.4) is 0 Å². The van der Waals surface area contributed by atoms with Crippen LogP contribution in [0.2, 0.25) is 5.02 Å². The second-order valence-corrected chi connectivity index (χ2v) is 6.77. The zero-order valence-electron chi connectivity index (χ0n) is 15.5. The monoisotopic (exact) mass is 419 g/mol. The van der Waals surface area contributed by atoms with Gasteiger partial charge in [-0.1, -0.05) is 23.7 Å². The minimum Gasteiger partial charge on any atom is -0.480 e. The van der Waals surface area contributed by atoms with Crippen molar-refractivity contribution in [2.75, 3.05) is 6.54 Å². The summed E-state index contributed by atoms with van der Waals surface area (Å²) in [4.78, 5) is 36.6. The van der Waals surface area contributed by atoms with Crippen LogP contribution in [-0.2, 0) is 11.3 Å². The van der Waals surface area contributed by atoms with Crippen molar-refractivity contribution in [1.82, 2.24) is 15.2 Å². The van der Waals surface area contributed by atoms with Crippen molar-refractivity contribution in [2.24, 2.45) is 5.73 Å². The minimum absolute atomic E-state index is 0.116. The highest BCUT2D eigenvalue weighted by Gasteiger charge is 2.22. The lowest BCUT2D eigenvalue weighted by Gasteiger charge is -2.15. The molecule has 1 atom stereocenters. The first-order valence-corrected chi connectivity index (χ1v) is 9.21. The van der Waals surface area contributed by atoms with E-state index in [2.05, 4.69) is 10.6 Å². The van der Waals surface area contributed by atoms with E-state index in [0.717, 1.165) is 5.56 Å². The molecule has 2 rings (SSSR count). The highest BCUT2D eigenvalue weighted by atomic mass is 35.5. The van der Waals surface area contributed by atoms with Crippen molar-refractivity contribution in [1.29, 1.82) is 5.41 Å². The Morgan fingerprint density at radius 3 is 2.69 bits per heavy atom. The van der Waals surface area contributed by atoms with E-state index in [9.17, 15) is 19.5 Å². The van der Waals surface area contributed by atoms with Gasteiger partial charge in [-0.3, -0.25) is 15.0 Å². The summed E-state index contributed by atoms with van der Waals surface area (Å²) in [6.45, 7) is 0.520. The third kappa shape index (κ3) is 6.65. The molecule has 0 aliphatic carbocycles. The van der Waals surface area contributed by atoms with E-state index in [1.807, 2.05) is 0 Å². The van der Waals surface area contributed by atoms with Crippen molar-refractivity contribution in [3.8, 4) is 0 Å². The zero-order valence-corrected chi connectivity index (χ0v) is 16.3. The first kappa shape index (κ1) is 22.0. The molecule has 0 saturated carbocycles. The van der Waals surface area contributed by atoms with E-state index in [4.69, 9.17) is 22.7 Å². The van der Waals surface area contributed by atoms with Gasteiger partial charge in [0.1, 0.15) is 11.6 Å². The molecule has 1 aromatic carbocycles. The maximum absolute atomic E-state index is 12.7. The summed E-state index contributed by atoms with van der Waals surface area (Å²) in [5, 5.41) is 21.9. The summed E-state index contributed by atoms with van der Waals surface area (Å²) in [6.07, 6.45) is 2.03. The molecule has 2 aromatic rings. The molecule has 0 aliphatic rings. The van der Waals surface area contributed by atoms with Crippen LogP contribution < -0.4 is 21.9 Å². The number of carbonyl (C=O) groups is 2. The number of hydrogen-bond donors (Lipinski definition) is 5. The number of nitrogens with zero attached hydrogens (tertiary/aromatic N) is 1. The summed E-state index contributed by atoms with van der Waals surface area (Å²) in [5.74, 6) is -2.19. The minimum atomic E-state index is -1.21. The number of benzene rings is 1. The van der Waals surface area contributed by atoms with Gasteiger partial charge >= 0.3 is 5.97 Å². The highest BCUT2D eigenvalue weighted by molar-refractivity contribution is 6.30. The number of pyridine rings is 1. The molecule has 0 radical (unpaired) electrons. The van der Waals surface area contributed by atoms with E-state index in [1.165, 1.54) is 10.6 Å². The molecule has 0 fully saturated rings. The smallest absolute Gasteiger partial charge is 0.326 e. The van der Waals surface area contributed by atoms with Crippen LogP contribution in [0.15, 0.2) is 47.4 Å². The third-order valence-electron chi connectivity index (χ3n) is 4.10. The van der Waals surface area contributed by atoms with Crippen molar-refractivity contribution in [3.05, 3.63) is 69.1 Å². The molecular weight excluding hydrogens is 398 g/mol. The largest absolute Gasteiger partial charge is 0.480 e. The standard InChI is InChI=1S/C19H22ClN5O4/c20-13-5-1-4-12(10-13)11-25-9-3-6-14(17(25)27)16(26)24-15(18(28)29)7-2-8-23-19(21)22/h1,3-6,9-10,15H,2,7-8,11H2,(H,24,26)(H,28,29)(H4,21,22,23)/t15-/m0/s1. The summed E-state index contributed by atoms with van der Waals surface area (Å²) >= 11 is 5.96. The van der Waals surface area contributed by atoms with E-state index >= 15 is 0 Å². The van der Waals surface area contributed by atoms with Gasteiger partial charge in [0.05, 0.1) is 6.54 Å². The predicted molar refractivity (Wildman–Crippen MR) is 109 cm³/mol. The molecule has 10 heteroatoms. The van der Waals surface area contributed by atoms with Crippen molar-refractivity contribution < 1.29 is 14.7 Å². The van der Waals surface area contributed by atoms with Crippen LogP contribution in [-0.4, -0.2) is 40.1 Å². The van der Waals surface area contributed by atoms with E-state index in [1.54, 1.807) is 36.5 Å². The van der Waals surface area contributed by atoms with Gasteiger partial charge in [0.2, 0.25) is 0 Å². The molecule has 1 aromatic heterocycles. The van der Waals surface area contributed by atoms with Gasteiger partial charge in [-0.15, -0.1) is 0 Å². The summed E-state index contributed by atoms with van der Waals surface area (Å²) in [6, 6.07) is 8.73. The molecule has 6 N–H and O–H groups in total. The fourth-order valence-corrected chi connectivity index (χ4v) is 2.90. The Labute approximate surface area is 172 Å². The lowest BCUT2D eigenvalue weighted by Crippen LogP contribution is -2.43. The first-order chi connectivity index (χ1) is 13.8. The fraction of sp³-hybridized carbons (Fsp3) is 0.263. The molecule has 0 aliphatic heterocycles. The van der Waals surface area contributed by atoms with Gasteiger partial charge in [-0.05, 0) is 42.7 Å². The van der Waals surface area contributed by atoms with Crippen LogP contribution in [0.5, 0.6) is 0 Å². The number of halogens is 1. The lowest BCUT2D eigenvalue weighted by atomic mass is 10.1. The third-order valence-corrected chi connectivity index (χ3v) is 4.33. The van der Waals surface area contributed by atoms with Crippen molar-refractivity contribution in [3.63, 3.8) is 0 Å². The molecule has 29 heavy (non-hydrogen) atoms. The quantitative estimate of drug-likeness (QED) is 0.232. The normalized spacial score (nSPS) is 11.5. The number of carboxylic acids is 1. The maximum Gasteiger partial charge on any atom is 0.326 e. The first-order valence-electron chi connectivity index (χ1n) is 8.83. The number of aliphatic carboxylic acids is 1. The second-order valence-electron chi connectivity index (χ2n) is 6.33. The lowest BCUT2D eigenvalue weighted by molar-refractivity contribution is -0.139. The van der Waals surface area contributed by atoms with Crippen LogP contribution in [0.25, 0.3) is 0 Å². The number of nitrogens with two attached hydrogens (primary N) is 1. The number of guanidine groups is 1. The molecular formula is C19H22ClN5O4. The van der Waals surface area contributed by atoms with Gasteiger partial charge in [0.25, 0.3) is 11.5 Å². The molecule has 1 amide bonds. The van der Waals surface area contributed by atoms with E-state index in [-0.39, 0.29) is 24.5 Å². The Morgan fingerprint density at radius 2 is 2.03 bits per heavy atom. The van der Waals surface area contributed by atoms with E-state index < -0.39 is 23.5 Å². The average molecular weight is 420 g/mol. The molecule has 154 valence electrons. The summed E-state index contributed by atoms with van der Waals surface area (Å²) < 4.78 is 1.35. The maximum atomic E-state index is 12.7. The Kier molecular flexibility index (Phi) is 7.79. The average Bonchev–Trinajstić information content (AvgIpc) is 2.65. The molecule has 0 spiro atoms. The topological polar surface area (TPSA) is 150 Å². The highest BCUT2D eigenvalue weighted by Crippen LogP contribution is 2.11. The van der Waals surface area contributed by atoms with Crippen LogP contribution in [0.1, 0.15) is 28.8 Å². The number of aromatic nitrogens is 1. The van der Waals surface area contributed by atoms with E-state index in [0.29, 0.717) is 18.0 Å². The van der Waals surface area contributed by atoms with Crippen LogP contribution >= 0.6 is 11.6 Å². The SMILES string of the molecule is N=C(N)NCCC[C@H](NC(=O)c1cccn(Cc2cccc(Cl)c2)c1=O)C(=O)O. The molecule has 0 bridgehead atoms. The molecule has 1 heterocycles. The van der Waals surface area contributed by atoms with Gasteiger partial charge in [-0.2, -0.15) is 0 Å². The predicted octanol–water partition coefficient (Wildman–Crippen LogP) is 0.996. The number of amides is 1. The van der Waals surface area contributed by atoms with Gasteiger partial charge in [0, 0.05) is 17.8 Å². The fourth-order valence-electron chi connectivity index (χ4n) is 2.69. The Balaban J connectivity index is 2.10. The zero-order chi connectivity index (χ0) is 21.4. The van der Waals surface area contributed by atoms with Crippen LogP contribution in [0, 0.1) is 5.41 Å². The van der Waals surface area contributed by atoms with Crippen molar-refractivity contribution in [2.45, 2.75) is 25.4 Å². The Bertz CT molecular complexity index is 960. The van der Waals surface area contributed by atoms with Crippen LogP contribution in [0.4, 0.5) is 0 Å².